The fraction of sp³-hybridized carbons (Fsp3) is 0.371. The molecule has 3 aromatic carbocycles. The number of carbonyl (C=O) groups is 3. The van der Waals surface area contributed by atoms with Gasteiger partial charge in [-0.1, -0.05) is 12.1 Å². The van der Waals surface area contributed by atoms with E-state index in [0.29, 0.717) is 41.2 Å². The molecule has 3 amide bonds. The normalized spacial score (nSPS) is 18.4. The molecule has 6 N–H and O–H groups in total. The quantitative estimate of drug-likeness (QED) is 0.150. The first-order valence-electron chi connectivity index (χ1n) is 16.4. The standard InChI is InChI=1S/C33H39N5O7S.C2HF3O2/c1-22(2)36-46(42,43)28-13-9-25(10-14-28)35-33(41)37(29(32(34)40)17-23-6-11-27(39)12-7-23)26-5-4-16-38(3,20-26)19-24-8-15-30-31(18-24)45-21-44-30;3-2(4,5)1(6)7/h6-15,18,22,29,36H,4-5,16-17,19-21H2,1-3H3,(H2-2,34,35,39,40,41);(H,6,7)/p+2/b37-26+;/t29-,38?;/m0./s1. The highest BCUT2D eigenvalue weighted by Gasteiger charge is 2.40. The summed E-state index contributed by atoms with van der Waals surface area (Å²) in [6.45, 7) is 5.66. The Kier molecular flexibility index (Phi) is 12.7. The number of carbonyl (C=O) groups excluding carboxylic acids is 2. The van der Waals surface area contributed by atoms with E-state index in [4.69, 9.17) is 25.1 Å². The first kappa shape index (κ1) is 40.6. The highest BCUT2D eigenvalue weighted by atomic mass is 32.2. The van der Waals surface area contributed by atoms with Crippen LogP contribution in [-0.4, -0.2) is 96.5 Å². The number of nitrogens with zero attached hydrogens (tertiary/aromatic N) is 2. The second-order valence-electron chi connectivity index (χ2n) is 13.2. The first-order valence-corrected chi connectivity index (χ1v) is 17.9. The number of carboxylic acid groups (broad SMARTS) is 1. The Hall–Kier alpha value is -5.20. The summed E-state index contributed by atoms with van der Waals surface area (Å²) in [5.41, 5.74) is 8.88. The number of phenols is 1. The smallest absolute Gasteiger partial charge is 0.496 e. The minimum Gasteiger partial charge on any atom is -0.508 e. The molecule has 5 rings (SSSR count). The van der Waals surface area contributed by atoms with Gasteiger partial charge in [-0.2, -0.15) is 22.5 Å². The number of quaternary nitrogens is 1. The SMILES string of the molecule is CC(C)NS(=O)(=O)c1ccc(NC(=O)/[N+](=C2\CCC[N+](C)(Cc3ccc4c(c3)OCO4)C2)[C@@H](Cc2ccc(O)cc2)C(N)=O)cc1.O=C(O)C(F)(F)F. The van der Waals surface area contributed by atoms with Crippen molar-refractivity contribution < 1.29 is 64.7 Å². The van der Waals surface area contributed by atoms with Gasteiger partial charge in [0.2, 0.25) is 16.8 Å². The summed E-state index contributed by atoms with van der Waals surface area (Å²) in [6.07, 6.45) is -3.59. The average Bonchev–Trinajstić information content (AvgIpc) is 3.53. The molecule has 0 bridgehead atoms. The van der Waals surface area contributed by atoms with Gasteiger partial charge >= 0.3 is 18.2 Å². The number of ether oxygens (including phenoxy) is 2. The second-order valence-corrected chi connectivity index (χ2v) is 14.9. The number of aromatic hydroxyl groups is 1. The molecular formula is C35H42F3N5O9S+2. The van der Waals surface area contributed by atoms with E-state index in [1.807, 2.05) is 18.2 Å². The number of sulfonamides is 1. The van der Waals surface area contributed by atoms with Crippen molar-refractivity contribution in [1.82, 2.24) is 4.72 Å². The summed E-state index contributed by atoms with van der Waals surface area (Å²) in [4.78, 5) is 36.1. The van der Waals surface area contributed by atoms with Crippen molar-refractivity contribution >= 4 is 39.3 Å². The maximum Gasteiger partial charge on any atom is 0.496 e. The van der Waals surface area contributed by atoms with Gasteiger partial charge < -0.3 is 29.9 Å². The van der Waals surface area contributed by atoms with Gasteiger partial charge in [-0.3, -0.25) is 4.79 Å². The number of hydrogen-bond acceptors (Lipinski definition) is 8. The summed E-state index contributed by atoms with van der Waals surface area (Å²) in [5.74, 6) is -1.94. The summed E-state index contributed by atoms with van der Waals surface area (Å²) < 4.78 is 72.6. The van der Waals surface area contributed by atoms with Crippen LogP contribution in [0.3, 0.4) is 0 Å². The van der Waals surface area contributed by atoms with E-state index in [9.17, 15) is 36.3 Å². The van der Waals surface area contributed by atoms with Crippen molar-refractivity contribution in [3.63, 3.8) is 0 Å². The lowest BCUT2D eigenvalue weighted by Crippen LogP contribution is -2.56. The zero-order valence-corrected chi connectivity index (χ0v) is 30.0. The lowest BCUT2D eigenvalue weighted by molar-refractivity contribution is -0.918. The molecule has 1 unspecified atom stereocenters. The van der Waals surface area contributed by atoms with Gasteiger partial charge in [0, 0.05) is 30.9 Å². The van der Waals surface area contributed by atoms with Crippen LogP contribution in [0.25, 0.3) is 0 Å². The summed E-state index contributed by atoms with van der Waals surface area (Å²) in [6, 6.07) is 16.3. The highest BCUT2D eigenvalue weighted by molar-refractivity contribution is 7.89. The highest BCUT2D eigenvalue weighted by Crippen LogP contribution is 2.34. The number of fused-ring (bicyclic) bond motifs is 1. The molecule has 0 aromatic heterocycles. The molecule has 286 valence electrons. The van der Waals surface area contributed by atoms with Crippen LogP contribution in [0.15, 0.2) is 71.6 Å². The topological polar surface area (TPSA) is 197 Å². The van der Waals surface area contributed by atoms with E-state index in [1.54, 1.807) is 26.0 Å². The maximum absolute atomic E-state index is 14.1. The number of amides is 3. The molecule has 14 nitrogen and oxygen atoms in total. The number of urea groups is 1. The van der Waals surface area contributed by atoms with E-state index < -0.39 is 40.1 Å². The number of benzene rings is 3. The van der Waals surface area contributed by atoms with Crippen molar-refractivity contribution in [3.8, 4) is 17.2 Å². The Morgan fingerprint density at radius 1 is 0.981 bits per heavy atom. The number of likely N-dealkylation sites (tertiary alicyclic amines) is 1. The monoisotopic (exact) mass is 765 g/mol. The Morgan fingerprint density at radius 2 is 1.58 bits per heavy atom. The lowest BCUT2D eigenvalue weighted by atomic mass is 10.0. The number of piperidine rings is 1. The largest absolute Gasteiger partial charge is 0.508 e. The number of carboxylic acids is 1. The van der Waals surface area contributed by atoms with Crippen molar-refractivity contribution in [3.05, 3.63) is 77.9 Å². The Balaban J connectivity index is 0.000000815. The Bertz CT molecular complexity index is 1950. The van der Waals surface area contributed by atoms with E-state index in [1.165, 1.54) is 41.0 Å². The third kappa shape index (κ3) is 11.1. The van der Waals surface area contributed by atoms with E-state index in [2.05, 4.69) is 17.1 Å². The number of anilines is 1. The molecule has 53 heavy (non-hydrogen) atoms. The van der Waals surface area contributed by atoms with Gasteiger partial charge in [0.05, 0.1) is 18.5 Å². The Morgan fingerprint density at radius 3 is 2.17 bits per heavy atom. The number of nitrogens with one attached hydrogen (secondary N) is 2. The van der Waals surface area contributed by atoms with E-state index in [0.717, 1.165) is 29.8 Å². The number of nitrogens with two attached hydrogens (primary N) is 1. The molecule has 0 radical (unpaired) electrons. The van der Waals surface area contributed by atoms with Gasteiger partial charge in [0.15, 0.2) is 17.5 Å². The van der Waals surface area contributed by atoms with Crippen molar-refractivity contribution in [2.24, 2.45) is 5.73 Å². The zero-order valence-electron chi connectivity index (χ0n) is 29.2. The molecule has 2 aliphatic rings. The number of hydrogen-bond donors (Lipinski definition) is 5. The average molecular weight is 766 g/mol. The van der Waals surface area contributed by atoms with Crippen molar-refractivity contribution in [2.45, 2.75) is 62.8 Å². The molecule has 18 heteroatoms. The van der Waals surface area contributed by atoms with Crippen LogP contribution in [0.1, 0.15) is 37.8 Å². The van der Waals surface area contributed by atoms with Crippen LogP contribution >= 0.6 is 0 Å². The molecule has 1 fully saturated rings. The predicted octanol–water partition coefficient (Wildman–Crippen LogP) is 3.96. The van der Waals surface area contributed by atoms with Crippen LogP contribution < -0.4 is 25.2 Å². The van der Waals surface area contributed by atoms with Crippen LogP contribution in [0.4, 0.5) is 23.7 Å². The van der Waals surface area contributed by atoms with Crippen LogP contribution in [0, 0.1) is 0 Å². The van der Waals surface area contributed by atoms with E-state index in [-0.39, 0.29) is 29.9 Å². The Labute approximate surface area is 304 Å². The van der Waals surface area contributed by atoms with Gasteiger partial charge in [-0.05, 0) is 74.0 Å². The number of phenolic OH excluding ortho intramolecular Hbond substituents is 1. The number of rotatable bonds is 10. The number of alkyl halides is 3. The zero-order chi connectivity index (χ0) is 39.1. The fourth-order valence-electron chi connectivity index (χ4n) is 6.03. The van der Waals surface area contributed by atoms with Crippen LogP contribution in [0.5, 0.6) is 17.2 Å². The maximum atomic E-state index is 14.1. The molecule has 0 aliphatic carbocycles. The molecule has 1 saturated heterocycles. The van der Waals surface area contributed by atoms with E-state index >= 15 is 0 Å². The second kappa shape index (κ2) is 16.6. The predicted molar refractivity (Wildman–Crippen MR) is 186 cm³/mol. The summed E-state index contributed by atoms with van der Waals surface area (Å²) in [5, 5.41) is 19.8. The minimum atomic E-state index is -5.08. The van der Waals surface area contributed by atoms with Crippen molar-refractivity contribution in [2.75, 3.05) is 32.2 Å². The van der Waals surface area contributed by atoms with Gasteiger partial charge in [-0.15, -0.1) is 0 Å². The summed E-state index contributed by atoms with van der Waals surface area (Å²) in [7, 11) is -1.60. The van der Waals surface area contributed by atoms with Gasteiger partial charge in [0.1, 0.15) is 30.2 Å². The number of aliphatic carboxylic acids is 1. The third-order valence-electron chi connectivity index (χ3n) is 8.34. The fourth-order valence-corrected chi connectivity index (χ4v) is 7.29. The molecule has 3 aromatic rings. The third-order valence-corrected chi connectivity index (χ3v) is 10.0. The molecule has 0 saturated carbocycles. The minimum absolute atomic E-state index is 0.0663. The lowest BCUT2D eigenvalue weighted by Gasteiger charge is -2.38. The molecular weight excluding hydrogens is 723 g/mol. The first-order chi connectivity index (χ1) is 24.8. The van der Waals surface area contributed by atoms with Crippen LogP contribution in [-0.2, 0) is 32.6 Å². The van der Waals surface area contributed by atoms with Gasteiger partial charge in [-0.25, -0.2) is 23.3 Å². The number of halogens is 3. The summed E-state index contributed by atoms with van der Waals surface area (Å²) >= 11 is 0. The molecule has 2 atom stereocenters. The molecule has 2 aliphatic heterocycles. The van der Waals surface area contributed by atoms with Crippen LogP contribution in [0.2, 0.25) is 0 Å². The van der Waals surface area contributed by atoms with Gasteiger partial charge in [0.25, 0.3) is 5.91 Å². The molecule has 2 heterocycles. The number of primary amides is 1. The molecule has 0 spiro atoms. The van der Waals surface area contributed by atoms with Crippen molar-refractivity contribution in [1.29, 1.82) is 0 Å².